The molecule has 0 bridgehead atoms. The van der Waals surface area contributed by atoms with Gasteiger partial charge in [0.2, 0.25) is 35.3 Å². The number of aliphatic hydroxyl groups excluding tert-OH is 5. The number of alkyl halides is 2. The van der Waals surface area contributed by atoms with Crippen LogP contribution in [-0.2, 0) is 92.4 Å². The number of nitrogens with zero attached hydrogens (tertiary/aromatic N) is 2. The lowest BCUT2D eigenvalue weighted by Crippen LogP contribution is -2.71. The van der Waals surface area contributed by atoms with Gasteiger partial charge in [-0.3, -0.25) is 53.4 Å². The summed E-state index contributed by atoms with van der Waals surface area (Å²) in [4.78, 5) is 147. The summed E-state index contributed by atoms with van der Waals surface area (Å²) in [6, 6.07) is 7.68. The van der Waals surface area contributed by atoms with Gasteiger partial charge in [0.25, 0.3) is 11.8 Å². The molecule has 2 saturated heterocycles. The van der Waals surface area contributed by atoms with Crippen molar-refractivity contribution in [3.05, 3.63) is 101 Å². The Kier molecular flexibility index (Phi) is 36.4. The Morgan fingerprint density at radius 2 is 1.37 bits per heavy atom. The Labute approximate surface area is 734 Å². The second-order valence-corrected chi connectivity index (χ2v) is 33.7. The summed E-state index contributed by atoms with van der Waals surface area (Å²) in [5.41, 5.74) is 7.99. The van der Waals surface area contributed by atoms with Crippen LogP contribution in [0.3, 0.4) is 0 Å². The molecule has 0 spiro atoms. The predicted molar refractivity (Wildman–Crippen MR) is 447 cm³/mol. The van der Waals surface area contributed by atoms with E-state index < -0.39 is 204 Å². The van der Waals surface area contributed by atoms with E-state index in [1.807, 2.05) is 6.92 Å². The number of rotatable bonds is 48. The molecule has 3 aliphatic heterocycles. The molecule has 8 aliphatic rings. The number of Topliss-reactive ketones (excluding diaryl/α,β-unsaturated/α-hetero) is 1. The molecule has 0 aromatic heterocycles. The lowest BCUT2D eigenvalue weighted by atomic mass is 9.44. The normalized spacial score (nSPS) is 29.0. The highest BCUT2D eigenvalue weighted by Crippen LogP contribution is 2.72. The highest BCUT2D eigenvalue weighted by molar-refractivity contribution is 6.13. The maximum absolute atomic E-state index is 18.0. The van der Waals surface area contributed by atoms with Crippen LogP contribution in [0.1, 0.15) is 143 Å². The number of nitrogens with one attached hydrogen (secondary N) is 9. The SMILES string of the molecule is CCCC1O[C@@H]2C[C@H]3[C@@H]4C[C@H](F)C5=CC(=O)C=C[C@]5(C)[C@@]4(F)[C@@H](O)C[C@]3(C)[C@]2(C(=O)COc2ccc(NC(=O)OCc3ccc(NC(=O)[C@H](CCCNC(N)=O)NC(=O)[C@@H](NC(=O)[C@@H](CCCCNC(=O)COC4CCCCC/C(N[C@@H]5O[C@H](CO)[C@H](O)[C@H](O)[C@H]5O)=C\4N=N)NC(=O)CCOCCOCCOCCOCCN4C(=O)C=CC4=O)C(C)C)cc3)cc2)O1. The van der Waals surface area contributed by atoms with Gasteiger partial charge in [0.15, 0.2) is 29.6 Å². The van der Waals surface area contributed by atoms with E-state index in [-0.39, 0.29) is 160 Å². The molecule has 3 heterocycles. The van der Waals surface area contributed by atoms with Gasteiger partial charge in [0, 0.05) is 65.5 Å². The van der Waals surface area contributed by atoms with Crippen LogP contribution in [0.2, 0.25) is 0 Å². The van der Waals surface area contributed by atoms with Crippen molar-refractivity contribution >= 4 is 76.4 Å². The van der Waals surface area contributed by atoms with Gasteiger partial charge in [-0.2, -0.15) is 5.11 Å². The fourth-order valence-corrected chi connectivity index (χ4v) is 18.1. The first-order chi connectivity index (χ1) is 60.8. The van der Waals surface area contributed by atoms with Crippen molar-refractivity contribution in [2.45, 2.75) is 235 Å². The summed E-state index contributed by atoms with van der Waals surface area (Å²) in [5, 5.41) is 78.8. The monoisotopic (exact) mass is 1790 g/mol. The smallest absolute Gasteiger partial charge is 0.411 e. The number of amides is 10. The zero-order valence-electron chi connectivity index (χ0n) is 72.2. The second-order valence-electron chi connectivity index (χ2n) is 33.7. The number of unbranched alkanes of at least 4 members (excludes halogenated alkanes) is 1. The minimum Gasteiger partial charge on any atom is -0.486 e. The van der Waals surface area contributed by atoms with Crippen molar-refractivity contribution in [1.29, 1.82) is 5.53 Å². The molecule has 2 aromatic carbocycles. The molecule has 40 heteroatoms. The minimum absolute atomic E-state index is 0.00809. The maximum Gasteiger partial charge on any atom is 0.411 e. The number of benzene rings is 2. The average molecular weight is 1790 g/mol. The van der Waals surface area contributed by atoms with E-state index in [0.717, 1.165) is 17.4 Å². The number of urea groups is 1. The number of aliphatic hydroxyl groups is 5. The number of halogens is 2. The largest absolute Gasteiger partial charge is 0.486 e. The van der Waals surface area contributed by atoms with Gasteiger partial charge in [-0.1, -0.05) is 65.2 Å². The lowest BCUT2D eigenvalue weighted by molar-refractivity contribution is -0.234. The molecular formula is C87H122F2N12O26. The number of ether oxygens (including phenoxy) is 10. The fraction of sp³-hybridized carbons (Fsp3) is 0.644. The van der Waals surface area contributed by atoms with E-state index in [4.69, 9.17) is 58.6 Å². The van der Waals surface area contributed by atoms with Crippen molar-refractivity contribution in [1.82, 2.24) is 36.8 Å². The molecule has 5 aliphatic carbocycles. The number of hydrogen-bond donors (Lipinski definition) is 15. The molecule has 10 rings (SSSR count). The molecule has 700 valence electrons. The van der Waals surface area contributed by atoms with Crippen LogP contribution < -0.4 is 53.0 Å². The van der Waals surface area contributed by atoms with E-state index >= 15 is 8.78 Å². The van der Waals surface area contributed by atoms with Crippen molar-refractivity contribution < 1.29 is 134 Å². The first-order valence-electron chi connectivity index (χ1n) is 43.5. The van der Waals surface area contributed by atoms with Gasteiger partial charge in [0.05, 0.1) is 78.2 Å². The fourth-order valence-electron chi connectivity index (χ4n) is 18.1. The van der Waals surface area contributed by atoms with Gasteiger partial charge in [-0.05, 0) is 155 Å². The van der Waals surface area contributed by atoms with E-state index in [1.165, 1.54) is 67.6 Å². The van der Waals surface area contributed by atoms with Crippen molar-refractivity contribution in [3.63, 3.8) is 0 Å². The second kappa shape index (κ2) is 46.5. The third-order valence-corrected chi connectivity index (χ3v) is 24.9. The number of carbonyl (C=O) groups is 11. The van der Waals surface area contributed by atoms with Crippen LogP contribution in [0.4, 0.5) is 29.7 Å². The molecular weight excluding hydrogens is 1670 g/mol. The summed E-state index contributed by atoms with van der Waals surface area (Å²) in [7, 11) is 0. The van der Waals surface area contributed by atoms with Gasteiger partial charge < -0.3 is 116 Å². The molecule has 2 unspecified atom stereocenters. The lowest BCUT2D eigenvalue weighted by Gasteiger charge is -2.63. The van der Waals surface area contributed by atoms with Crippen LogP contribution in [0.5, 0.6) is 5.75 Å². The van der Waals surface area contributed by atoms with Crippen LogP contribution in [0, 0.1) is 34.1 Å². The topological polar surface area (TPSA) is 543 Å². The van der Waals surface area contributed by atoms with E-state index in [0.29, 0.717) is 55.5 Å². The number of anilines is 2. The minimum atomic E-state index is -2.38. The van der Waals surface area contributed by atoms with Gasteiger partial charge in [-0.25, -0.2) is 23.9 Å². The standard InChI is InChI=1S/C87H122F2N12O26/c1-6-13-72-126-67-44-56-57-43-59(88)58-42-54(103)28-30-84(58,4)86(57,89)65(104)45-85(56,5)87(67,127-72)66(105)48-122-55-24-22-53(23-25-55)95-83(117)124-47-51-18-20-52(21-19-51)94-78(113)62(16-12-32-93-82(90)116)97-80(115)73(50(2)3)99-79(114)61(96-68(106)29-34-118-36-38-120-40-41-121-39-37-119-35-33-101-70(108)26-27-71(101)109)15-10-11-31-92-69(107)49-123-63-17-9-7-8-14-60(74(63)100-91)98-81-77(112)76(111)75(110)64(46-102)125-81/h18-28,30,42,50,56-57,59,61-65,67,72-73,75-77,81,91,98,102,104,110-112H,6-17,29,31-41,43-49H2,1-5H3,(H,92,107)(H,94,113)(H,95,117)(H,96,106)(H,97,115)(H,99,114)(H3,90,93,116)/b74-60-,100-91?/t56-,57-,59-,61+,62-,63?,64+,65-,67+,72?,73-,75-,76-,77+,81+,84-,85-,86-,87+/m0/s1. The highest BCUT2D eigenvalue weighted by Gasteiger charge is 2.80. The molecule has 3 saturated carbocycles. The van der Waals surface area contributed by atoms with Gasteiger partial charge >= 0.3 is 12.1 Å². The summed E-state index contributed by atoms with van der Waals surface area (Å²) >= 11 is 0. The average Bonchev–Trinajstić information content (AvgIpc) is 1.55. The quantitative estimate of drug-likeness (QED) is 0.0255. The zero-order valence-corrected chi connectivity index (χ0v) is 72.2. The molecule has 19 atom stereocenters. The predicted octanol–water partition coefficient (Wildman–Crippen LogP) is 3.74. The Hall–Kier alpha value is -9.69. The molecule has 127 heavy (non-hydrogen) atoms. The molecule has 2 aromatic rings. The number of imide groups is 1. The highest BCUT2D eigenvalue weighted by atomic mass is 19.1. The molecule has 5 fully saturated rings. The van der Waals surface area contributed by atoms with Gasteiger partial charge in [0.1, 0.15) is 86.1 Å². The molecule has 0 radical (unpaired) electrons. The first kappa shape index (κ1) is 99.5. The van der Waals surface area contributed by atoms with Crippen molar-refractivity contribution in [2.75, 3.05) is 103 Å². The third kappa shape index (κ3) is 24.8. The van der Waals surface area contributed by atoms with Crippen molar-refractivity contribution in [3.8, 4) is 5.75 Å². The van der Waals surface area contributed by atoms with Crippen molar-refractivity contribution in [2.24, 2.45) is 39.4 Å². The van der Waals surface area contributed by atoms with Gasteiger partial charge in [-0.15, -0.1) is 0 Å². The molecule has 10 amide bonds. The Morgan fingerprint density at radius 3 is 2.04 bits per heavy atom. The van der Waals surface area contributed by atoms with E-state index in [2.05, 4.69) is 47.6 Å². The van der Waals surface area contributed by atoms with E-state index in [1.54, 1.807) is 32.9 Å². The van der Waals surface area contributed by atoms with Crippen LogP contribution >= 0.6 is 0 Å². The number of fused-ring (bicyclic) bond motifs is 7. The van der Waals surface area contributed by atoms with Crippen LogP contribution in [0.25, 0.3) is 0 Å². The summed E-state index contributed by atoms with van der Waals surface area (Å²) in [5.74, 6) is -7.20. The molecule has 38 nitrogen and oxygen atoms in total. The summed E-state index contributed by atoms with van der Waals surface area (Å²) < 4.78 is 92.8. The number of hydrogen-bond acceptors (Lipinski definition) is 29. The first-order valence-corrected chi connectivity index (χ1v) is 43.5. The van der Waals surface area contributed by atoms with E-state index in [9.17, 15) is 78.3 Å². The number of carbonyl (C=O) groups excluding carboxylic acids is 11. The van der Waals surface area contributed by atoms with Crippen LogP contribution in [-0.4, -0.2) is 279 Å². The maximum atomic E-state index is 18.0. The number of ketones is 2. The number of primary amides is 1. The number of nitrogens with two attached hydrogens (primary N) is 1. The Morgan fingerprint density at radius 1 is 0.717 bits per heavy atom. The van der Waals surface area contributed by atoms with Crippen LogP contribution in [0.15, 0.2) is 101 Å². The summed E-state index contributed by atoms with van der Waals surface area (Å²) in [6.45, 7) is 8.15. The summed E-state index contributed by atoms with van der Waals surface area (Å²) in [6.07, 6.45) is -4.02. The Balaban J connectivity index is 0.700. The number of allylic oxidation sites excluding steroid dienone is 5. The Bertz CT molecular complexity index is 4280. The zero-order chi connectivity index (χ0) is 91.8. The third-order valence-electron chi connectivity index (χ3n) is 24.9. The molecule has 16 N–H and O–H groups in total.